The number of halogens is 1. The van der Waals surface area contributed by atoms with Gasteiger partial charge < -0.3 is 15.0 Å². The molecule has 1 unspecified atom stereocenters. The molecular weight excluding hydrogens is 309 g/mol. The fourth-order valence-corrected chi connectivity index (χ4v) is 3.47. The van der Waals surface area contributed by atoms with Crippen molar-refractivity contribution in [1.82, 2.24) is 15.1 Å². The number of morpholine rings is 1. The summed E-state index contributed by atoms with van der Waals surface area (Å²) in [5, 5.41) is 3.18. The van der Waals surface area contributed by atoms with Gasteiger partial charge in [0.05, 0.1) is 13.2 Å². The quantitative estimate of drug-likeness (QED) is 0.904. The van der Waals surface area contributed by atoms with Crippen molar-refractivity contribution in [2.75, 3.05) is 46.4 Å². The molecule has 3 rings (SSSR count). The van der Waals surface area contributed by atoms with E-state index >= 15 is 0 Å². The third-order valence-electron chi connectivity index (χ3n) is 4.89. The lowest BCUT2D eigenvalue weighted by molar-refractivity contribution is -0.129. The van der Waals surface area contributed by atoms with Crippen molar-refractivity contribution in [2.24, 2.45) is 0 Å². The lowest BCUT2D eigenvalue weighted by Gasteiger charge is -2.36. The van der Waals surface area contributed by atoms with Gasteiger partial charge in [-0.15, -0.1) is 0 Å². The first-order valence-electron chi connectivity index (χ1n) is 8.69. The van der Waals surface area contributed by atoms with Gasteiger partial charge in [0.2, 0.25) is 5.91 Å². The van der Waals surface area contributed by atoms with Crippen LogP contribution in [0.2, 0.25) is 0 Å². The summed E-state index contributed by atoms with van der Waals surface area (Å²) < 4.78 is 19.1. The van der Waals surface area contributed by atoms with Gasteiger partial charge in [0, 0.05) is 19.1 Å². The minimum atomic E-state index is -0.454. The Balaban J connectivity index is 1.74. The second-order valence-electron chi connectivity index (χ2n) is 6.69. The van der Waals surface area contributed by atoms with Crippen molar-refractivity contribution in [2.45, 2.75) is 24.9 Å². The van der Waals surface area contributed by atoms with E-state index < -0.39 is 6.04 Å². The number of hydrogen-bond acceptors (Lipinski definition) is 4. The molecule has 2 fully saturated rings. The smallest absolute Gasteiger partial charge is 0.242 e. The van der Waals surface area contributed by atoms with E-state index in [1.165, 1.54) is 12.1 Å². The summed E-state index contributed by atoms with van der Waals surface area (Å²) in [5.74, 6) is -0.338. The highest BCUT2D eigenvalue weighted by Gasteiger charge is 2.31. The van der Waals surface area contributed by atoms with Crippen LogP contribution in [0.5, 0.6) is 0 Å². The Morgan fingerprint density at radius 1 is 1.25 bits per heavy atom. The molecule has 0 aromatic heterocycles. The summed E-state index contributed by atoms with van der Waals surface area (Å²) in [6, 6.07) is 6.12. The number of nitrogens with zero attached hydrogens (tertiary/aromatic N) is 2. The molecule has 5 nitrogen and oxygen atoms in total. The van der Waals surface area contributed by atoms with E-state index in [-0.39, 0.29) is 17.8 Å². The molecule has 0 spiro atoms. The molecule has 1 aromatic rings. The van der Waals surface area contributed by atoms with Crippen LogP contribution in [-0.4, -0.2) is 68.2 Å². The van der Waals surface area contributed by atoms with Gasteiger partial charge in [-0.2, -0.15) is 0 Å². The monoisotopic (exact) mass is 335 g/mol. The summed E-state index contributed by atoms with van der Waals surface area (Å²) in [6.45, 7) is 4.56. The SMILES string of the molecule is CN1CCC(NC(=O)C(c2cccc(F)c2)N2CCOCC2)CC1. The molecule has 0 saturated carbocycles. The highest BCUT2D eigenvalue weighted by Crippen LogP contribution is 2.24. The van der Waals surface area contributed by atoms with Gasteiger partial charge in [-0.1, -0.05) is 12.1 Å². The topological polar surface area (TPSA) is 44.8 Å². The maximum atomic E-state index is 13.7. The molecule has 0 bridgehead atoms. The zero-order valence-electron chi connectivity index (χ0n) is 14.2. The van der Waals surface area contributed by atoms with Gasteiger partial charge in [-0.05, 0) is 50.7 Å². The van der Waals surface area contributed by atoms with Crippen LogP contribution >= 0.6 is 0 Å². The number of piperidine rings is 1. The normalized spacial score (nSPS) is 22.2. The number of hydrogen-bond donors (Lipinski definition) is 1. The van der Waals surface area contributed by atoms with Crippen molar-refractivity contribution in [3.8, 4) is 0 Å². The predicted octanol–water partition coefficient (Wildman–Crippen LogP) is 1.41. The van der Waals surface area contributed by atoms with Gasteiger partial charge >= 0.3 is 0 Å². The average molecular weight is 335 g/mol. The Morgan fingerprint density at radius 2 is 1.96 bits per heavy atom. The van der Waals surface area contributed by atoms with Crippen molar-refractivity contribution >= 4 is 5.91 Å². The van der Waals surface area contributed by atoms with Gasteiger partial charge in [0.15, 0.2) is 0 Å². The standard InChI is InChI=1S/C18H26FN3O2/c1-21-7-5-16(6-8-21)20-18(23)17(22-9-11-24-12-10-22)14-3-2-4-15(19)13-14/h2-4,13,16-17H,5-12H2,1H3,(H,20,23). The van der Waals surface area contributed by atoms with E-state index in [0.717, 1.165) is 25.9 Å². The zero-order chi connectivity index (χ0) is 16.9. The first-order valence-corrected chi connectivity index (χ1v) is 8.69. The summed E-state index contributed by atoms with van der Waals surface area (Å²) >= 11 is 0. The number of ether oxygens (including phenoxy) is 1. The maximum absolute atomic E-state index is 13.7. The van der Waals surface area contributed by atoms with Gasteiger partial charge in [0.1, 0.15) is 11.9 Å². The molecule has 132 valence electrons. The van der Waals surface area contributed by atoms with Gasteiger partial charge in [-0.25, -0.2) is 4.39 Å². The zero-order valence-corrected chi connectivity index (χ0v) is 14.2. The largest absolute Gasteiger partial charge is 0.379 e. The average Bonchev–Trinajstić information content (AvgIpc) is 2.58. The summed E-state index contributed by atoms with van der Waals surface area (Å²) in [6.07, 6.45) is 1.92. The Bertz CT molecular complexity index is 555. The minimum absolute atomic E-state index is 0.0305. The number of rotatable bonds is 4. The van der Waals surface area contributed by atoms with Crippen LogP contribution < -0.4 is 5.32 Å². The fourth-order valence-electron chi connectivity index (χ4n) is 3.47. The number of likely N-dealkylation sites (tertiary alicyclic amines) is 1. The molecule has 2 saturated heterocycles. The van der Waals surface area contributed by atoms with E-state index in [9.17, 15) is 9.18 Å². The van der Waals surface area contributed by atoms with Crippen LogP contribution in [0, 0.1) is 5.82 Å². The predicted molar refractivity (Wildman–Crippen MR) is 90.2 cm³/mol. The molecular formula is C18H26FN3O2. The fraction of sp³-hybridized carbons (Fsp3) is 0.611. The van der Waals surface area contributed by atoms with E-state index in [1.54, 1.807) is 6.07 Å². The van der Waals surface area contributed by atoms with Crippen LogP contribution in [-0.2, 0) is 9.53 Å². The Kier molecular flexibility index (Phi) is 5.81. The lowest BCUT2D eigenvalue weighted by Crippen LogP contribution is -2.50. The molecule has 1 amide bonds. The molecule has 2 aliphatic rings. The lowest BCUT2D eigenvalue weighted by atomic mass is 10.0. The van der Waals surface area contributed by atoms with Gasteiger partial charge in [0.25, 0.3) is 0 Å². The summed E-state index contributed by atoms with van der Waals surface area (Å²) in [5.41, 5.74) is 0.710. The molecule has 1 atom stereocenters. The molecule has 2 heterocycles. The van der Waals surface area contributed by atoms with Crippen LogP contribution in [0.3, 0.4) is 0 Å². The van der Waals surface area contributed by atoms with Crippen molar-refractivity contribution < 1.29 is 13.9 Å². The number of nitrogens with one attached hydrogen (secondary N) is 1. The number of benzene rings is 1. The van der Waals surface area contributed by atoms with Crippen LogP contribution in [0.1, 0.15) is 24.4 Å². The molecule has 1 aromatic carbocycles. The second kappa shape index (κ2) is 8.05. The minimum Gasteiger partial charge on any atom is -0.379 e. The van der Waals surface area contributed by atoms with Crippen molar-refractivity contribution in [3.63, 3.8) is 0 Å². The summed E-state index contributed by atoms with van der Waals surface area (Å²) in [7, 11) is 2.10. The van der Waals surface area contributed by atoms with Crippen LogP contribution in [0.4, 0.5) is 4.39 Å². The molecule has 1 N–H and O–H groups in total. The molecule has 24 heavy (non-hydrogen) atoms. The van der Waals surface area contributed by atoms with E-state index in [1.807, 2.05) is 6.07 Å². The first kappa shape index (κ1) is 17.3. The Hall–Kier alpha value is -1.50. The van der Waals surface area contributed by atoms with Crippen LogP contribution in [0.15, 0.2) is 24.3 Å². The third kappa shape index (κ3) is 4.32. The number of amides is 1. The third-order valence-corrected chi connectivity index (χ3v) is 4.89. The van der Waals surface area contributed by atoms with Crippen molar-refractivity contribution in [1.29, 1.82) is 0 Å². The molecule has 0 aliphatic carbocycles. The Morgan fingerprint density at radius 3 is 2.62 bits per heavy atom. The van der Waals surface area contributed by atoms with Gasteiger partial charge in [-0.3, -0.25) is 9.69 Å². The highest BCUT2D eigenvalue weighted by atomic mass is 19.1. The molecule has 6 heteroatoms. The molecule has 0 radical (unpaired) electrons. The maximum Gasteiger partial charge on any atom is 0.242 e. The first-order chi connectivity index (χ1) is 11.6. The summed E-state index contributed by atoms with van der Waals surface area (Å²) in [4.78, 5) is 17.3. The van der Waals surface area contributed by atoms with Crippen LogP contribution in [0.25, 0.3) is 0 Å². The van der Waals surface area contributed by atoms with E-state index in [0.29, 0.717) is 31.9 Å². The Labute approximate surface area is 142 Å². The number of carbonyl (C=O) groups excluding carboxylic acids is 1. The van der Waals surface area contributed by atoms with E-state index in [4.69, 9.17) is 4.74 Å². The highest BCUT2D eigenvalue weighted by molar-refractivity contribution is 5.83. The second-order valence-corrected chi connectivity index (χ2v) is 6.69. The number of carbonyl (C=O) groups is 1. The molecule has 2 aliphatic heterocycles. The van der Waals surface area contributed by atoms with Crippen molar-refractivity contribution in [3.05, 3.63) is 35.6 Å². The van der Waals surface area contributed by atoms with E-state index in [2.05, 4.69) is 22.2 Å².